The maximum absolute atomic E-state index is 11.1. The lowest BCUT2D eigenvalue weighted by Gasteiger charge is -2.35. The molecular formula is C12H16ClN3O3. The van der Waals surface area contributed by atoms with Crippen molar-refractivity contribution in [2.45, 2.75) is 0 Å². The summed E-state index contributed by atoms with van der Waals surface area (Å²) in [4.78, 5) is 14.7. The van der Waals surface area contributed by atoms with Gasteiger partial charge in [0.05, 0.1) is 16.6 Å². The second kappa shape index (κ2) is 6.18. The van der Waals surface area contributed by atoms with Gasteiger partial charge in [-0.15, -0.1) is 0 Å². The van der Waals surface area contributed by atoms with Crippen LogP contribution in [0, 0.1) is 10.1 Å². The Balaban J connectivity index is 2.17. The smallest absolute Gasteiger partial charge is 0.294 e. The number of nitro benzene ring substituents is 1. The molecule has 0 bridgehead atoms. The van der Waals surface area contributed by atoms with Gasteiger partial charge in [-0.2, -0.15) is 0 Å². The third-order valence-corrected chi connectivity index (χ3v) is 3.57. The zero-order chi connectivity index (χ0) is 13.8. The molecule has 0 radical (unpaired) electrons. The summed E-state index contributed by atoms with van der Waals surface area (Å²) in [5.74, 6) is 0. The Bertz CT molecular complexity index is 462. The van der Waals surface area contributed by atoms with Crippen LogP contribution in [0.25, 0.3) is 0 Å². The molecule has 1 aliphatic rings. The lowest BCUT2D eigenvalue weighted by atomic mass is 10.2. The van der Waals surface area contributed by atoms with Crippen LogP contribution >= 0.6 is 11.6 Å². The molecule has 6 nitrogen and oxygen atoms in total. The molecule has 1 saturated heterocycles. The summed E-state index contributed by atoms with van der Waals surface area (Å²) in [6.07, 6.45) is 0. The fraction of sp³-hybridized carbons (Fsp3) is 0.500. The summed E-state index contributed by atoms with van der Waals surface area (Å²) >= 11 is 6.10. The third kappa shape index (κ3) is 3.15. The van der Waals surface area contributed by atoms with Crippen LogP contribution in [-0.4, -0.2) is 54.3 Å². The predicted octanol–water partition coefficient (Wildman–Crippen LogP) is 1.36. The van der Waals surface area contributed by atoms with Gasteiger partial charge in [-0.1, -0.05) is 17.7 Å². The van der Waals surface area contributed by atoms with E-state index in [1.807, 2.05) is 4.90 Å². The average molecular weight is 286 g/mol. The summed E-state index contributed by atoms with van der Waals surface area (Å²) < 4.78 is 0. The molecule has 7 heteroatoms. The zero-order valence-corrected chi connectivity index (χ0v) is 11.2. The van der Waals surface area contributed by atoms with E-state index in [-0.39, 0.29) is 12.3 Å². The number of piperazine rings is 1. The maximum atomic E-state index is 11.1. The Morgan fingerprint density at radius 1 is 1.32 bits per heavy atom. The van der Waals surface area contributed by atoms with Crippen LogP contribution < -0.4 is 4.90 Å². The standard InChI is InChI=1S/C12H16ClN3O3/c13-10-2-1-3-11(16(18)19)12(10)15-6-4-14(5-7-15)8-9-17/h1-3,17H,4-9H2. The van der Waals surface area contributed by atoms with Gasteiger partial charge >= 0.3 is 0 Å². The molecule has 0 atom stereocenters. The van der Waals surface area contributed by atoms with E-state index in [1.54, 1.807) is 12.1 Å². The largest absolute Gasteiger partial charge is 0.395 e. The fourth-order valence-electron chi connectivity index (χ4n) is 2.30. The van der Waals surface area contributed by atoms with Gasteiger partial charge in [0.2, 0.25) is 0 Å². The normalized spacial score (nSPS) is 16.6. The number of hydrogen-bond donors (Lipinski definition) is 1. The van der Waals surface area contributed by atoms with E-state index in [0.717, 1.165) is 13.1 Å². The second-order valence-electron chi connectivity index (χ2n) is 4.42. The van der Waals surface area contributed by atoms with Crippen LogP contribution in [0.2, 0.25) is 5.02 Å². The minimum atomic E-state index is -0.401. The number of aliphatic hydroxyl groups is 1. The van der Waals surface area contributed by atoms with Crippen LogP contribution in [0.3, 0.4) is 0 Å². The van der Waals surface area contributed by atoms with Crippen LogP contribution in [0.5, 0.6) is 0 Å². The minimum absolute atomic E-state index is 0.0445. The van der Waals surface area contributed by atoms with Crippen LogP contribution in [0.4, 0.5) is 11.4 Å². The quantitative estimate of drug-likeness (QED) is 0.668. The van der Waals surface area contributed by atoms with Crippen molar-refractivity contribution in [1.82, 2.24) is 4.90 Å². The first-order chi connectivity index (χ1) is 9.13. The van der Waals surface area contributed by atoms with Crippen LogP contribution in [0.15, 0.2) is 18.2 Å². The van der Waals surface area contributed by atoms with Crippen molar-refractivity contribution >= 4 is 23.0 Å². The number of β-amino-alcohol motifs (C(OH)–C–C–N with tert-alkyl or cyclic N) is 1. The van der Waals surface area contributed by atoms with Crippen molar-refractivity contribution in [3.63, 3.8) is 0 Å². The van der Waals surface area contributed by atoms with Crippen molar-refractivity contribution in [3.05, 3.63) is 33.3 Å². The van der Waals surface area contributed by atoms with Crippen LogP contribution in [0.1, 0.15) is 0 Å². The molecule has 0 aromatic heterocycles. The Labute approximate surface area is 116 Å². The monoisotopic (exact) mass is 285 g/mol. The van der Waals surface area contributed by atoms with Gasteiger partial charge < -0.3 is 10.0 Å². The average Bonchev–Trinajstić information content (AvgIpc) is 2.40. The van der Waals surface area contributed by atoms with Gasteiger partial charge in [-0.3, -0.25) is 15.0 Å². The number of rotatable bonds is 4. The number of nitrogens with zero attached hydrogens (tertiary/aromatic N) is 3. The molecule has 1 fully saturated rings. The minimum Gasteiger partial charge on any atom is -0.395 e. The Morgan fingerprint density at radius 2 is 2.00 bits per heavy atom. The fourth-order valence-corrected chi connectivity index (χ4v) is 2.59. The van der Waals surface area contributed by atoms with Gasteiger partial charge in [-0.05, 0) is 6.07 Å². The highest BCUT2D eigenvalue weighted by Gasteiger charge is 2.25. The van der Waals surface area contributed by atoms with Gasteiger partial charge in [-0.25, -0.2) is 0 Å². The lowest BCUT2D eigenvalue weighted by Crippen LogP contribution is -2.47. The molecule has 1 aromatic carbocycles. The summed E-state index contributed by atoms with van der Waals surface area (Å²) in [6, 6.07) is 4.73. The molecule has 0 amide bonds. The number of benzene rings is 1. The summed E-state index contributed by atoms with van der Waals surface area (Å²) in [5.41, 5.74) is 0.543. The SMILES string of the molecule is O=[N+]([O-])c1cccc(Cl)c1N1CCN(CCO)CC1. The number of hydrogen-bond acceptors (Lipinski definition) is 5. The van der Waals surface area contributed by atoms with Gasteiger partial charge in [0.1, 0.15) is 5.69 Å². The Morgan fingerprint density at radius 3 is 2.58 bits per heavy atom. The summed E-state index contributed by atoms with van der Waals surface area (Å²) in [5, 5.41) is 20.4. The van der Waals surface area contributed by atoms with E-state index < -0.39 is 4.92 Å². The first-order valence-corrected chi connectivity index (χ1v) is 6.52. The highest BCUT2D eigenvalue weighted by Crippen LogP contribution is 2.35. The number of halogens is 1. The van der Waals surface area contributed by atoms with E-state index in [0.29, 0.717) is 30.3 Å². The van der Waals surface area contributed by atoms with Gasteiger partial charge in [0.25, 0.3) is 5.69 Å². The van der Waals surface area contributed by atoms with E-state index in [2.05, 4.69) is 4.90 Å². The predicted molar refractivity (Wildman–Crippen MR) is 73.8 cm³/mol. The van der Waals surface area contributed by atoms with Crippen LogP contribution in [-0.2, 0) is 0 Å². The van der Waals surface area contributed by atoms with E-state index >= 15 is 0 Å². The third-order valence-electron chi connectivity index (χ3n) is 3.27. The Hall–Kier alpha value is -1.37. The number of aliphatic hydroxyl groups excluding tert-OH is 1. The van der Waals surface area contributed by atoms with Crippen molar-refractivity contribution in [2.75, 3.05) is 44.2 Å². The van der Waals surface area contributed by atoms with E-state index in [1.165, 1.54) is 6.07 Å². The molecule has 1 N–H and O–H groups in total. The Kier molecular flexibility index (Phi) is 4.57. The van der Waals surface area contributed by atoms with E-state index in [9.17, 15) is 10.1 Å². The molecule has 1 aromatic rings. The molecular weight excluding hydrogens is 270 g/mol. The molecule has 1 heterocycles. The zero-order valence-electron chi connectivity index (χ0n) is 10.5. The molecule has 104 valence electrons. The molecule has 0 unspecified atom stereocenters. The van der Waals surface area contributed by atoms with Gasteiger partial charge in [0, 0.05) is 38.8 Å². The maximum Gasteiger partial charge on any atom is 0.294 e. The van der Waals surface area contributed by atoms with Crippen molar-refractivity contribution in [1.29, 1.82) is 0 Å². The molecule has 0 aliphatic carbocycles. The number of nitro groups is 1. The highest BCUT2D eigenvalue weighted by atomic mass is 35.5. The molecule has 2 rings (SSSR count). The second-order valence-corrected chi connectivity index (χ2v) is 4.82. The highest BCUT2D eigenvalue weighted by molar-refractivity contribution is 6.33. The van der Waals surface area contributed by atoms with Crippen molar-refractivity contribution in [3.8, 4) is 0 Å². The first kappa shape index (κ1) is 14.0. The molecule has 0 saturated carbocycles. The molecule has 19 heavy (non-hydrogen) atoms. The lowest BCUT2D eigenvalue weighted by molar-refractivity contribution is -0.384. The number of anilines is 1. The number of para-hydroxylation sites is 1. The topological polar surface area (TPSA) is 69.9 Å². The summed E-state index contributed by atoms with van der Waals surface area (Å²) in [7, 11) is 0. The van der Waals surface area contributed by atoms with Crippen molar-refractivity contribution < 1.29 is 10.0 Å². The molecule has 0 spiro atoms. The molecule has 1 aliphatic heterocycles. The first-order valence-electron chi connectivity index (χ1n) is 6.14. The van der Waals surface area contributed by atoms with E-state index in [4.69, 9.17) is 16.7 Å². The summed E-state index contributed by atoms with van der Waals surface area (Å²) in [6.45, 7) is 3.64. The van der Waals surface area contributed by atoms with Crippen molar-refractivity contribution in [2.24, 2.45) is 0 Å². The van der Waals surface area contributed by atoms with Gasteiger partial charge in [0.15, 0.2) is 0 Å².